The molecule has 182 valence electrons. The lowest BCUT2D eigenvalue weighted by Crippen LogP contribution is -2.39. The number of amides is 1. The summed E-state index contributed by atoms with van der Waals surface area (Å²) in [5.41, 5.74) is 1.62. The van der Waals surface area contributed by atoms with Crippen LogP contribution in [-0.2, 0) is 27.8 Å². The van der Waals surface area contributed by atoms with Crippen molar-refractivity contribution < 1.29 is 13.2 Å². The van der Waals surface area contributed by atoms with Crippen LogP contribution in [0, 0.1) is 5.92 Å². The predicted molar refractivity (Wildman–Crippen MR) is 131 cm³/mol. The Balaban J connectivity index is 1.55. The molecule has 0 N–H and O–H groups in total. The van der Waals surface area contributed by atoms with Crippen molar-refractivity contribution in [3.8, 4) is 0 Å². The monoisotopic (exact) mass is 474 g/mol. The average Bonchev–Trinajstić information content (AvgIpc) is 3.54. The van der Waals surface area contributed by atoms with Gasteiger partial charge in [0.1, 0.15) is 5.82 Å². The molecule has 1 atom stereocenters. The Morgan fingerprint density at radius 1 is 1.15 bits per heavy atom. The van der Waals surface area contributed by atoms with Crippen LogP contribution < -0.4 is 0 Å². The van der Waals surface area contributed by atoms with Crippen LogP contribution in [0.1, 0.15) is 70.5 Å². The topological polar surface area (TPSA) is 75.5 Å². The highest BCUT2D eigenvalue weighted by molar-refractivity contribution is 7.89. The molecule has 1 saturated heterocycles. The third-order valence-corrected chi connectivity index (χ3v) is 9.25. The third-order valence-electron chi connectivity index (χ3n) is 7.44. The first-order valence-corrected chi connectivity index (χ1v) is 14.0. The summed E-state index contributed by atoms with van der Waals surface area (Å²) in [4.78, 5) is 20.4. The molecule has 0 spiro atoms. The molecule has 1 saturated carbocycles. The Kier molecular flexibility index (Phi) is 7.43. The normalized spacial score (nSPS) is 19.9. The number of benzene rings is 1. The van der Waals surface area contributed by atoms with Crippen LogP contribution in [0.15, 0.2) is 23.1 Å². The van der Waals surface area contributed by atoms with Gasteiger partial charge >= 0.3 is 0 Å². The Labute approximate surface area is 198 Å². The van der Waals surface area contributed by atoms with Crippen molar-refractivity contribution in [3.05, 3.63) is 24.0 Å². The lowest BCUT2D eigenvalue weighted by Gasteiger charge is -2.29. The van der Waals surface area contributed by atoms with Crippen molar-refractivity contribution in [2.75, 3.05) is 20.6 Å². The van der Waals surface area contributed by atoms with Crippen LogP contribution in [0.25, 0.3) is 11.0 Å². The molecular weight excluding hydrogens is 436 g/mol. The largest absolute Gasteiger partial charge is 0.339 e. The van der Waals surface area contributed by atoms with Gasteiger partial charge in [0.05, 0.1) is 15.9 Å². The summed E-state index contributed by atoms with van der Waals surface area (Å²) in [6.07, 6.45) is 10.5. The van der Waals surface area contributed by atoms with Crippen molar-refractivity contribution >= 4 is 27.0 Å². The lowest BCUT2D eigenvalue weighted by atomic mass is 9.96. The first-order chi connectivity index (χ1) is 15.8. The highest BCUT2D eigenvalue weighted by Gasteiger charge is 2.35. The molecule has 1 aromatic heterocycles. The fourth-order valence-corrected chi connectivity index (χ4v) is 6.51. The quantitative estimate of drug-likeness (QED) is 0.546. The summed E-state index contributed by atoms with van der Waals surface area (Å²) in [6, 6.07) is 5.61. The van der Waals surface area contributed by atoms with E-state index in [1.807, 2.05) is 6.07 Å². The minimum absolute atomic E-state index is 0.245. The van der Waals surface area contributed by atoms with Crippen LogP contribution in [-0.4, -0.2) is 59.8 Å². The number of aryl methyl sites for hydroxylation is 2. The fourth-order valence-electron chi connectivity index (χ4n) is 5.58. The van der Waals surface area contributed by atoms with Gasteiger partial charge < -0.3 is 9.47 Å². The zero-order chi connectivity index (χ0) is 23.6. The molecule has 0 radical (unpaired) electrons. The van der Waals surface area contributed by atoms with Gasteiger partial charge in [0, 0.05) is 46.1 Å². The number of hydrogen-bond acceptors (Lipinski definition) is 4. The van der Waals surface area contributed by atoms with Gasteiger partial charge in [0.25, 0.3) is 0 Å². The molecule has 2 fully saturated rings. The minimum Gasteiger partial charge on any atom is -0.339 e. The van der Waals surface area contributed by atoms with Crippen molar-refractivity contribution in [2.45, 2.75) is 88.6 Å². The number of sulfonamides is 1. The summed E-state index contributed by atoms with van der Waals surface area (Å²) >= 11 is 0. The highest BCUT2D eigenvalue weighted by atomic mass is 32.2. The summed E-state index contributed by atoms with van der Waals surface area (Å²) in [6.45, 7) is 3.86. The van der Waals surface area contributed by atoms with Crippen molar-refractivity contribution in [1.82, 2.24) is 18.8 Å². The van der Waals surface area contributed by atoms with Gasteiger partial charge in [-0.2, -0.15) is 0 Å². The van der Waals surface area contributed by atoms with E-state index in [9.17, 15) is 13.2 Å². The molecule has 4 rings (SSSR count). The number of fused-ring (bicyclic) bond motifs is 1. The molecule has 1 unspecified atom stereocenters. The zero-order valence-electron chi connectivity index (χ0n) is 20.3. The molecule has 1 amide bonds. The van der Waals surface area contributed by atoms with E-state index < -0.39 is 10.0 Å². The van der Waals surface area contributed by atoms with Gasteiger partial charge in [0.2, 0.25) is 15.9 Å². The van der Waals surface area contributed by atoms with Gasteiger partial charge in [-0.15, -0.1) is 0 Å². The number of likely N-dealkylation sites (tertiary alicyclic amines) is 1. The number of rotatable bonds is 9. The highest BCUT2D eigenvalue weighted by Crippen LogP contribution is 2.35. The second-order valence-electron chi connectivity index (χ2n) is 9.81. The van der Waals surface area contributed by atoms with Crippen molar-refractivity contribution in [2.24, 2.45) is 5.92 Å². The van der Waals surface area contributed by atoms with E-state index >= 15 is 0 Å². The van der Waals surface area contributed by atoms with E-state index in [1.54, 1.807) is 12.1 Å². The molecule has 2 aliphatic rings. The molecule has 2 heterocycles. The van der Waals surface area contributed by atoms with Crippen LogP contribution in [0.5, 0.6) is 0 Å². The molecule has 7 nitrogen and oxygen atoms in total. The number of carbonyl (C=O) groups is 1. The number of unbranched alkanes of at least 4 members (excludes halogenated alkanes) is 1. The number of carbonyl (C=O) groups excluding carboxylic acids is 1. The van der Waals surface area contributed by atoms with Crippen molar-refractivity contribution in [3.63, 3.8) is 0 Å². The summed E-state index contributed by atoms with van der Waals surface area (Å²) in [5.74, 6) is 1.81. The standard InChI is InChI=1S/C25H38N4O3S/c1-4-5-16-28-23-13-12-20(33(31,32)27(2)3)18-21(23)26-24(28)14-15-25(30)29-17-8-11-22(29)19-9-6-7-10-19/h12-13,18-19,22H,4-11,14-17H2,1-3H3. The Hall–Kier alpha value is -1.93. The van der Waals surface area contributed by atoms with Crippen LogP contribution in [0.4, 0.5) is 0 Å². The Morgan fingerprint density at radius 3 is 2.61 bits per heavy atom. The van der Waals surface area contributed by atoms with E-state index in [0.29, 0.717) is 30.3 Å². The van der Waals surface area contributed by atoms with E-state index in [2.05, 4.69) is 16.4 Å². The smallest absolute Gasteiger partial charge is 0.242 e. The van der Waals surface area contributed by atoms with Gasteiger partial charge in [-0.05, 0) is 56.2 Å². The molecule has 1 aromatic carbocycles. The van der Waals surface area contributed by atoms with E-state index in [-0.39, 0.29) is 10.8 Å². The molecule has 0 bridgehead atoms. The van der Waals surface area contributed by atoms with Crippen LogP contribution >= 0.6 is 0 Å². The fraction of sp³-hybridized carbons (Fsp3) is 0.680. The molecule has 2 aromatic rings. The Morgan fingerprint density at radius 2 is 1.91 bits per heavy atom. The maximum atomic E-state index is 13.2. The van der Waals surface area contributed by atoms with E-state index in [1.165, 1.54) is 44.1 Å². The minimum atomic E-state index is -3.52. The second-order valence-corrected chi connectivity index (χ2v) is 12.0. The molecule has 1 aliphatic carbocycles. The number of nitrogens with zero attached hydrogens (tertiary/aromatic N) is 4. The molecular formula is C25H38N4O3S. The summed E-state index contributed by atoms with van der Waals surface area (Å²) in [5, 5.41) is 0. The van der Waals surface area contributed by atoms with Crippen LogP contribution in [0.3, 0.4) is 0 Å². The molecule has 33 heavy (non-hydrogen) atoms. The van der Waals surface area contributed by atoms with Crippen LogP contribution in [0.2, 0.25) is 0 Å². The zero-order valence-corrected chi connectivity index (χ0v) is 21.1. The molecule has 8 heteroatoms. The summed E-state index contributed by atoms with van der Waals surface area (Å²) < 4.78 is 28.6. The van der Waals surface area contributed by atoms with Gasteiger partial charge in [-0.1, -0.05) is 26.2 Å². The van der Waals surface area contributed by atoms with E-state index in [0.717, 1.165) is 50.1 Å². The predicted octanol–water partition coefficient (Wildman–Crippen LogP) is 4.20. The molecule has 1 aliphatic heterocycles. The SMILES string of the molecule is CCCCn1c(CCC(=O)N2CCCC2C2CCCC2)nc2cc(S(=O)(=O)N(C)C)ccc21. The maximum Gasteiger partial charge on any atom is 0.242 e. The third kappa shape index (κ3) is 4.97. The number of hydrogen-bond donors (Lipinski definition) is 0. The number of imidazole rings is 1. The van der Waals surface area contributed by atoms with Gasteiger partial charge in [-0.25, -0.2) is 17.7 Å². The maximum absolute atomic E-state index is 13.2. The first-order valence-electron chi connectivity index (χ1n) is 12.5. The average molecular weight is 475 g/mol. The van der Waals surface area contributed by atoms with Gasteiger partial charge in [0.15, 0.2) is 0 Å². The van der Waals surface area contributed by atoms with Crippen molar-refractivity contribution in [1.29, 1.82) is 0 Å². The first kappa shape index (κ1) is 24.2. The summed E-state index contributed by atoms with van der Waals surface area (Å²) in [7, 11) is -0.446. The Bertz CT molecular complexity index is 1090. The number of aromatic nitrogens is 2. The van der Waals surface area contributed by atoms with Gasteiger partial charge in [-0.3, -0.25) is 4.79 Å². The lowest BCUT2D eigenvalue weighted by molar-refractivity contribution is -0.132. The second kappa shape index (κ2) is 10.1. The van der Waals surface area contributed by atoms with E-state index in [4.69, 9.17) is 4.98 Å².